The summed E-state index contributed by atoms with van der Waals surface area (Å²) >= 11 is 0. The number of hydrogen-bond acceptors (Lipinski definition) is 5. The number of para-hydroxylation sites is 2. The Morgan fingerprint density at radius 3 is 2.45 bits per heavy atom. The molecule has 8 heteroatoms. The first-order valence-corrected chi connectivity index (χ1v) is 9.94. The molecule has 0 bridgehead atoms. The summed E-state index contributed by atoms with van der Waals surface area (Å²) in [5.74, 6) is -0.886. The lowest BCUT2D eigenvalue weighted by Crippen LogP contribution is -2.20. The van der Waals surface area contributed by atoms with Gasteiger partial charge in [-0.25, -0.2) is 14.2 Å². The Balaban J connectivity index is 1.52. The molecular formula is C25H16N2O6. The zero-order valence-electron chi connectivity index (χ0n) is 17.0. The van der Waals surface area contributed by atoms with Gasteiger partial charge in [-0.3, -0.25) is 4.79 Å². The van der Waals surface area contributed by atoms with Gasteiger partial charge in [-0.15, -0.1) is 0 Å². The summed E-state index contributed by atoms with van der Waals surface area (Å²) in [4.78, 5) is 37.0. The van der Waals surface area contributed by atoms with Crippen molar-refractivity contribution in [2.24, 2.45) is 0 Å². The lowest BCUT2D eigenvalue weighted by molar-refractivity contribution is 0.102. The van der Waals surface area contributed by atoms with Gasteiger partial charge in [0.15, 0.2) is 11.3 Å². The molecule has 8 nitrogen and oxygen atoms in total. The average Bonchev–Trinajstić information content (AvgIpc) is 3.19. The van der Waals surface area contributed by atoms with Crippen LogP contribution in [-0.4, -0.2) is 26.8 Å². The summed E-state index contributed by atoms with van der Waals surface area (Å²) in [7, 11) is 0. The molecule has 0 atom stereocenters. The Labute approximate surface area is 185 Å². The molecule has 0 saturated heterocycles. The van der Waals surface area contributed by atoms with Crippen LogP contribution in [0, 0.1) is 0 Å². The van der Waals surface area contributed by atoms with Gasteiger partial charge in [-0.2, -0.15) is 0 Å². The molecular weight excluding hydrogens is 424 g/mol. The maximum atomic E-state index is 12.8. The topological polar surface area (TPSA) is 122 Å². The predicted molar refractivity (Wildman–Crippen MR) is 123 cm³/mol. The van der Waals surface area contributed by atoms with E-state index in [9.17, 15) is 24.6 Å². The van der Waals surface area contributed by atoms with E-state index in [1.165, 1.54) is 16.7 Å². The van der Waals surface area contributed by atoms with E-state index >= 15 is 0 Å². The zero-order valence-corrected chi connectivity index (χ0v) is 17.0. The fraction of sp³-hybridized carbons (Fsp3) is 0. The maximum absolute atomic E-state index is 12.8. The highest BCUT2D eigenvalue weighted by Gasteiger charge is 2.18. The number of rotatable bonds is 3. The number of phenols is 1. The first kappa shape index (κ1) is 20.1. The van der Waals surface area contributed by atoms with E-state index in [1.54, 1.807) is 54.6 Å². The van der Waals surface area contributed by atoms with Gasteiger partial charge >= 0.3 is 11.7 Å². The first-order valence-electron chi connectivity index (χ1n) is 9.94. The molecule has 1 amide bonds. The number of benzene rings is 3. The number of aromatic nitrogens is 1. The molecule has 5 rings (SSSR count). The number of carbonyl (C=O) groups is 2. The molecule has 0 spiro atoms. The number of anilines is 1. The van der Waals surface area contributed by atoms with Gasteiger partial charge in [0.25, 0.3) is 5.91 Å². The van der Waals surface area contributed by atoms with Gasteiger partial charge in [0.2, 0.25) is 0 Å². The molecule has 0 unspecified atom stereocenters. The van der Waals surface area contributed by atoms with Crippen LogP contribution in [0.15, 0.2) is 88.1 Å². The number of amides is 1. The van der Waals surface area contributed by atoms with Crippen LogP contribution in [0.4, 0.5) is 10.5 Å². The Bertz CT molecular complexity index is 1630. The SMILES string of the molecule is O=C(Nc1cccc(-c2cc3ccccc3n2C(=O)O)c1)c1cc2cccc(O)c2oc1=O. The zero-order chi connectivity index (χ0) is 23.1. The van der Waals surface area contributed by atoms with Crippen molar-refractivity contribution in [3.05, 3.63) is 94.8 Å². The third-order valence-corrected chi connectivity index (χ3v) is 5.30. The van der Waals surface area contributed by atoms with Crippen LogP contribution < -0.4 is 10.9 Å². The smallest absolute Gasteiger partial charge is 0.416 e. The highest BCUT2D eigenvalue weighted by atomic mass is 16.4. The first-order chi connectivity index (χ1) is 15.9. The van der Waals surface area contributed by atoms with E-state index in [4.69, 9.17) is 4.42 Å². The molecule has 0 fully saturated rings. The van der Waals surface area contributed by atoms with Crippen LogP contribution in [0.3, 0.4) is 0 Å². The number of carboxylic acid groups (broad SMARTS) is 1. The molecule has 0 radical (unpaired) electrons. The third kappa shape index (κ3) is 3.49. The summed E-state index contributed by atoms with van der Waals surface area (Å²) in [5, 5.41) is 23.4. The monoisotopic (exact) mass is 440 g/mol. The van der Waals surface area contributed by atoms with E-state index in [-0.39, 0.29) is 16.9 Å². The number of nitrogens with one attached hydrogen (secondary N) is 1. The molecule has 5 aromatic rings. The predicted octanol–water partition coefficient (Wildman–Crippen LogP) is 4.90. The van der Waals surface area contributed by atoms with Gasteiger partial charge in [0, 0.05) is 22.0 Å². The fourth-order valence-corrected chi connectivity index (χ4v) is 3.82. The van der Waals surface area contributed by atoms with Crippen LogP contribution in [0.25, 0.3) is 33.1 Å². The van der Waals surface area contributed by atoms with Crippen molar-refractivity contribution < 1.29 is 24.2 Å². The van der Waals surface area contributed by atoms with Gasteiger partial charge in [0.1, 0.15) is 5.56 Å². The minimum absolute atomic E-state index is 0.00236. The Hall–Kier alpha value is -4.85. The molecule has 0 aliphatic carbocycles. The highest BCUT2D eigenvalue weighted by molar-refractivity contribution is 6.06. The normalized spacial score (nSPS) is 11.0. The average molecular weight is 440 g/mol. The Morgan fingerprint density at radius 2 is 1.64 bits per heavy atom. The van der Waals surface area contributed by atoms with Crippen molar-refractivity contribution in [2.45, 2.75) is 0 Å². The lowest BCUT2D eigenvalue weighted by Gasteiger charge is -2.09. The Kier molecular flexibility index (Phi) is 4.68. The summed E-state index contributed by atoms with van der Waals surface area (Å²) < 4.78 is 6.30. The van der Waals surface area contributed by atoms with Gasteiger partial charge in [0.05, 0.1) is 11.2 Å². The van der Waals surface area contributed by atoms with E-state index in [1.807, 2.05) is 12.1 Å². The second-order valence-electron chi connectivity index (χ2n) is 7.38. The van der Waals surface area contributed by atoms with E-state index in [0.29, 0.717) is 27.8 Å². The summed E-state index contributed by atoms with van der Waals surface area (Å²) in [5.41, 5.74) is 0.827. The molecule has 3 aromatic carbocycles. The number of carbonyl (C=O) groups excluding carboxylic acids is 1. The Morgan fingerprint density at radius 1 is 0.879 bits per heavy atom. The number of aromatic hydroxyl groups is 1. The van der Waals surface area contributed by atoms with Crippen LogP contribution in [0.2, 0.25) is 0 Å². The number of nitrogens with zero attached hydrogens (tertiary/aromatic N) is 1. The lowest BCUT2D eigenvalue weighted by atomic mass is 10.1. The van der Waals surface area contributed by atoms with Crippen molar-refractivity contribution >= 4 is 39.6 Å². The van der Waals surface area contributed by atoms with Crippen LogP contribution >= 0.6 is 0 Å². The molecule has 0 aliphatic heterocycles. The molecule has 0 aliphatic rings. The van der Waals surface area contributed by atoms with E-state index in [2.05, 4.69) is 5.32 Å². The number of hydrogen-bond donors (Lipinski definition) is 3. The van der Waals surface area contributed by atoms with Crippen LogP contribution in [-0.2, 0) is 0 Å². The van der Waals surface area contributed by atoms with Crippen LogP contribution in [0.1, 0.15) is 10.4 Å². The van der Waals surface area contributed by atoms with Crippen molar-refractivity contribution in [2.75, 3.05) is 5.32 Å². The molecule has 33 heavy (non-hydrogen) atoms. The minimum Gasteiger partial charge on any atom is -0.504 e. The van der Waals surface area contributed by atoms with Gasteiger partial charge in [-0.1, -0.05) is 42.5 Å². The van der Waals surface area contributed by atoms with Gasteiger partial charge in [-0.05, 0) is 36.4 Å². The van der Waals surface area contributed by atoms with Crippen LogP contribution in [0.5, 0.6) is 5.75 Å². The van der Waals surface area contributed by atoms with Crippen molar-refractivity contribution in [1.29, 1.82) is 0 Å². The largest absolute Gasteiger partial charge is 0.504 e. The van der Waals surface area contributed by atoms with Crippen molar-refractivity contribution in [1.82, 2.24) is 4.57 Å². The van der Waals surface area contributed by atoms with E-state index in [0.717, 1.165) is 5.39 Å². The van der Waals surface area contributed by atoms with E-state index < -0.39 is 17.6 Å². The number of phenolic OH excluding ortho intramolecular Hbond substituents is 1. The highest BCUT2D eigenvalue weighted by Crippen LogP contribution is 2.30. The van der Waals surface area contributed by atoms with Crippen molar-refractivity contribution in [3.63, 3.8) is 0 Å². The molecule has 2 aromatic heterocycles. The summed E-state index contributed by atoms with van der Waals surface area (Å²) in [6.07, 6.45) is -1.13. The quantitative estimate of drug-likeness (QED) is 0.343. The molecule has 3 N–H and O–H groups in total. The molecule has 162 valence electrons. The third-order valence-electron chi connectivity index (χ3n) is 5.30. The standard InChI is InChI=1S/C25H16N2O6/c28-21-10-4-7-16-12-18(24(30)33-22(16)21)23(29)26-17-8-3-6-14(11-17)20-13-15-5-1-2-9-19(15)27(20)25(31)32/h1-13,28H,(H,26,29)(H,31,32). The fourth-order valence-electron chi connectivity index (χ4n) is 3.82. The maximum Gasteiger partial charge on any atom is 0.416 e. The number of fused-ring (bicyclic) bond motifs is 2. The van der Waals surface area contributed by atoms with Crippen molar-refractivity contribution in [3.8, 4) is 17.0 Å². The molecule has 0 saturated carbocycles. The van der Waals surface area contributed by atoms with Gasteiger partial charge < -0.3 is 19.9 Å². The molecule has 2 heterocycles. The minimum atomic E-state index is -1.13. The second-order valence-corrected chi connectivity index (χ2v) is 7.38. The summed E-state index contributed by atoms with van der Waals surface area (Å²) in [6, 6.07) is 21.5. The summed E-state index contributed by atoms with van der Waals surface area (Å²) in [6.45, 7) is 0. The second kappa shape index (κ2) is 7.69.